The van der Waals surface area contributed by atoms with Crippen LogP contribution in [0.15, 0.2) is 42.5 Å². The minimum atomic E-state index is 0.232. The van der Waals surface area contributed by atoms with Gasteiger partial charge in [0, 0.05) is 19.6 Å². The zero-order valence-corrected chi connectivity index (χ0v) is 12.3. The Kier molecular flexibility index (Phi) is 4.51. The number of carbonyl (C=O) groups excluding carboxylic acids is 1. The van der Waals surface area contributed by atoms with Crippen LogP contribution in [0.1, 0.15) is 24.8 Å². The second-order valence-corrected chi connectivity index (χ2v) is 5.73. The van der Waals surface area contributed by atoms with Crippen molar-refractivity contribution in [2.45, 2.75) is 25.8 Å². The van der Waals surface area contributed by atoms with Crippen LogP contribution in [0, 0.1) is 0 Å². The van der Waals surface area contributed by atoms with E-state index in [4.69, 9.17) is 0 Å². The van der Waals surface area contributed by atoms with E-state index in [-0.39, 0.29) is 5.91 Å². The third-order valence-corrected chi connectivity index (χ3v) is 4.13. The summed E-state index contributed by atoms with van der Waals surface area (Å²) in [4.78, 5) is 14.0. The zero-order chi connectivity index (χ0) is 14.5. The minimum absolute atomic E-state index is 0.232. The Labute approximate surface area is 125 Å². The second-order valence-electron chi connectivity index (χ2n) is 5.73. The Bertz CT molecular complexity index is 617. The van der Waals surface area contributed by atoms with Gasteiger partial charge in [0.1, 0.15) is 0 Å². The van der Waals surface area contributed by atoms with Gasteiger partial charge in [-0.3, -0.25) is 4.79 Å². The van der Waals surface area contributed by atoms with Gasteiger partial charge in [-0.25, -0.2) is 0 Å². The summed E-state index contributed by atoms with van der Waals surface area (Å²) in [6, 6.07) is 14.8. The van der Waals surface area contributed by atoms with Crippen molar-refractivity contribution >= 4 is 16.7 Å². The molecule has 0 aliphatic carbocycles. The number of likely N-dealkylation sites (tertiary alicyclic amines) is 1. The highest BCUT2D eigenvalue weighted by Crippen LogP contribution is 2.15. The second kappa shape index (κ2) is 6.72. The van der Waals surface area contributed by atoms with Crippen molar-refractivity contribution in [3.63, 3.8) is 0 Å². The number of benzene rings is 2. The Morgan fingerprint density at radius 1 is 1.00 bits per heavy atom. The number of nitrogens with one attached hydrogen (secondary N) is 1. The molecule has 0 saturated carbocycles. The first-order valence-corrected chi connectivity index (χ1v) is 7.79. The van der Waals surface area contributed by atoms with Gasteiger partial charge in [-0.15, -0.1) is 0 Å². The van der Waals surface area contributed by atoms with Crippen molar-refractivity contribution in [3.05, 3.63) is 48.0 Å². The van der Waals surface area contributed by atoms with Gasteiger partial charge in [0.2, 0.25) is 5.91 Å². The lowest BCUT2D eigenvalue weighted by Crippen LogP contribution is -2.40. The Morgan fingerprint density at radius 3 is 2.57 bits per heavy atom. The van der Waals surface area contributed by atoms with E-state index in [9.17, 15) is 4.79 Å². The molecule has 3 rings (SSSR count). The smallest absolute Gasteiger partial charge is 0.236 e. The van der Waals surface area contributed by atoms with Crippen LogP contribution in [0.4, 0.5) is 0 Å². The number of hydrogen-bond acceptors (Lipinski definition) is 2. The third-order valence-electron chi connectivity index (χ3n) is 4.13. The van der Waals surface area contributed by atoms with Gasteiger partial charge in [-0.05, 0) is 41.7 Å². The number of hydrogen-bond donors (Lipinski definition) is 1. The Morgan fingerprint density at radius 2 is 1.76 bits per heavy atom. The maximum atomic E-state index is 12.1. The summed E-state index contributed by atoms with van der Waals surface area (Å²) in [5, 5.41) is 5.78. The molecule has 1 aliphatic rings. The van der Waals surface area contributed by atoms with Crippen LogP contribution in [0.5, 0.6) is 0 Å². The third kappa shape index (κ3) is 3.61. The molecule has 0 radical (unpaired) electrons. The quantitative estimate of drug-likeness (QED) is 0.935. The standard InChI is InChI=1S/C18H22N2O/c21-18(20-10-4-1-5-11-20)14-19-13-15-8-9-16-6-2-3-7-17(16)12-15/h2-3,6-9,12,19H,1,4-5,10-11,13-14H2. The SMILES string of the molecule is O=C(CNCc1ccc2ccccc2c1)N1CCCCC1. The van der Waals surface area contributed by atoms with Crippen LogP contribution in [-0.2, 0) is 11.3 Å². The van der Waals surface area contributed by atoms with Crippen LogP contribution in [0.25, 0.3) is 10.8 Å². The van der Waals surface area contributed by atoms with E-state index in [0.717, 1.165) is 32.5 Å². The predicted molar refractivity (Wildman–Crippen MR) is 86.1 cm³/mol. The normalized spacial score (nSPS) is 15.3. The summed E-state index contributed by atoms with van der Waals surface area (Å²) in [6.45, 7) is 3.03. The molecule has 21 heavy (non-hydrogen) atoms. The van der Waals surface area contributed by atoms with E-state index in [0.29, 0.717) is 6.54 Å². The maximum Gasteiger partial charge on any atom is 0.236 e. The van der Waals surface area contributed by atoms with Gasteiger partial charge in [0.15, 0.2) is 0 Å². The molecule has 0 bridgehead atoms. The molecular formula is C18H22N2O. The molecule has 0 aromatic heterocycles. The van der Waals surface area contributed by atoms with E-state index >= 15 is 0 Å². The summed E-state index contributed by atoms with van der Waals surface area (Å²) >= 11 is 0. The molecule has 2 aromatic rings. The molecular weight excluding hydrogens is 260 g/mol. The molecule has 1 aliphatic heterocycles. The van der Waals surface area contributed by atoms with E-state index in [1.807, 2.05) is 4.90 Å². The summed E-state index contributed by atoms with van der Waals surface area (Å²) in [5.41, 5.74) is 1.22. The van der Waals surface area contributed by atoms with E-state index in [2.05, 4.69) is 47.8 Å². The molecule has 1 heterocycles. The predicted octanol–water partition coefficient (Wildman–Crippen LogP) is 2.94. The summed E-state index contributed by atoms with van der Waals surface area (Å²) in [5.74, 6) is 0.232. The molecule has 0 unspecified atom stereocenters. The average Bonchev–Trinajstić information content (AvgIpc) is 2.55. The monoisotopic (exact) mass is 282 g/mol. The van der Waals surface area contributed by atoms with Gasteiger partial charge < -0.3 is 10.2 Å². The molecule has 3 nitrogen and oxygen atoms in total. The number of carbonyl (C=O) groups is 1. The molecule has 1 saturated heterocycles. The van der Waals surface area contributed by atoms with E-state index in [1.165, 1.54) is 22.8 Å². The first-order chi connectivity index (χ1) is 10.3. The summed E-state index contributed by atoms with van der Waals surface area (Å²) in [7, 11) is 0. The van der Waals surface area contributed by atoms with Gasteiger partial charge in [-0.2, -0.15) is 0 Å². The Hall–Kier alpha value is -1.87. The van der Waals surface area contributed by atoms with Gasteiger partial charge in [0.25, 0.3) is 0 Å². The highest BCUT2D eigenvalue weighted by atomic mass is 16.2. The van der Waals surface area contributed by atoms with Crippen LogP contribution in [0.3, 0.4) is 0 Å². The van der Waals surface area contributed by atoms with Crippen LogP contribution < -0.4 is 5.32 Å². The maximum absolute atomic E-state index is 12.1. The van der Waals surface area contributed by atoms with Crippen molar-refractivity contribution in [3.8, 4) is 0 Å². The van der Waals surface area contributed by atoms with Crippen molar-refractivity contribution in [2.75, 3.05) is 19.6 Å². The van der Waals surface area contributed by atoms with Crippen LogP contribution in [0.2, 0.25) is 0 Å². The van der Waals surface area contributed by atoms with Gasteiger partial charge >= 0.3 is 0 Å². The van der Waals surface area contributed by atoms with Gasteiger partial charge in [-0.1, -0.05) is 36.4 Å². The highest BCUT2D eigenvalue weighted by molar-refractivity contribution is 5.83. The molecule has 110 valence electrons. The molecule has 1 amide bonds. The molecule has 2 aromatic carbocycles. The summed E-state index contributed by atoms with van der Waals surface area (Å²) < 4.78 is 0. The first-order valence-electron chi connectivity index (χ1n) is 7.79. The van der Waals surface area contributed by atoms with Crippen LogP contribution in [-0.4, -0.2) is 30.4 Å². The molecule has 3 heteroatoms. The number of fused-ring (bicyclic) bond motifs is 1. The Balaban J connectivity index is 1.53. The fourth-order valence-electron chi connectivity index (χ4n) is 2.92. The number of rotatable bonds is 4. The number of nitrogens with zero attached hydrogens (tertiary/aromatic N) is 1. The largest absolute Gasteiger partial charge is 0.342 e. The number of amides is 1. The number of piperidine rings is 1. The lowest BCUT2D eigenvalue weighted by molar-refractivity contribution is -0.131. The average molecular weight is 282 g/mol. The van der Waals surface area contributed by atoms with Crippen molar-refractivity contribution < 1.29 is 4.79 Å². The van der Waals surface area contributed by atoms with E-state index in [1.54, 1.807) is 0 Å². The minimum Gasteiger partial charge on any atom is -0.342 e. The van der Waals surface area contributed by atoms with Crippen LogP contribution >= 0.6 is 0 Å². The van der Waals surface area contributed by atoms with Crippen molar-refractivity contribution in [1.29, 1.82) is 0 Å². The van der Waals surface area contributed by atoms with Gasteiger partial charge in [0.05, 0.1) is 6.54 Å². The van der Waals surface area contributed by atoms with Crippen molar-refractivity contribution in [1.82, 2.24) is 10.2 Å². The summed E-state index contributed by atoms with van der Waals surface area (Å²) in [6.07, 6.45) is 3.56. The van der Waals surface area contributed by atoms with E-state index < -0.39 is 0 Å². The first kappa shape index (κ1) is 14.1. The lowest BCUT2D eigenvalue weighted by atomic mass is 10.1. The molecule has 1 fully saturated rings. The highest BCUT2D eigenvalue weighted by Gasteiger charge is 2.15. The van der Waals surface area contributed by atoms with Crippen molar-refractivity contribution in [2.24, 2.45) is 0 Å². The fraction of sp³-hybridized carbons (Fsp3) is 0.389. The molecule has 0 spiro atoms. The molecule has 0 atom stereocenters. The topological polar surface area (TPSA) is 32.3 Å². The fourth-order valence-corrected chi connectivity index (χ4v) is 2.92. The lowest BCUT2D eigenvalue weighted by Gasteiger charge is -2.26. The zero-order valence-electron chi connectivity index (χ0n) is 12.3. The molecule has 1 N–H and O–H groups in total.